The van der Waals surface area contributed by atoms with E-state index in [0.29, 0.717) is 5.56 Å². The van der Waals surface area contributed by atoms with Crippen LogP contribution in [0.2, 0.25) is 0 Å². The summed E-state index contributed by atoms with van der Waals surface area (Å²) in [7, 11) is 0. The molecule has 0 unspecified atom stereocenters. The van der Waals surface area contributed by atoms with Crippen molar-refractivity contribution in [3.63, 3.8) is 0 Å². The van der Waals surface area contributed by atoms with Gasteiger partial charge in [0.2, 0.25) is 0 Å². The highest BCUT2D eigenvalue weighted by Gasteiger charge is 2.05. The molecule has 0 saturated heterocycles. The normalized spacial score (nSPS) is 12.3. The summed E-state index contributed by atoms with van der Waals surface area (Å²) in [5.41, 5.74) is 0.310. The molecule has 0 heterocycles. The molecule has 3 nitrogen and oxygen atoms in total. The molecule has 1 N–H and O–H groups in total. The molecule has 0 aliphatic carbocycles. The number of rotatable bonds is 7. The minimum Gasteiger partial charge on any atom is -0.494 e. The number of carboxylic acid groups (broad SMARTS) is 1. The molecule has 2 aromatic rings. The van der Waals surface area contributed by atoms with Crippen molar-refractivity contribution in [1.29, 1.82) is 0 Å². The fraction of sp³-hybridized carbons (Fsp3) is 0.389. The molecule has 0 aromatic heterocycles. The van der Waals surface area contributed by atoms with Crippen molar-refractivity contribution in [2.24, 2.45) is 5.92 Å². The summed E-state index contributed by atoms with van der Waals surface area (Å²) in [4.78, 5) is 10.9. The Hall–Kier alpha value is -2.03. The highest BCUT2D eigenvalue weighted by molar-refractivity contribution is 5.94. The minimum absolute atomic E-state index is 0.310. The number of carbonyl (C=O) groups is 1. The summed E-state index contributed by atoms with van der Waals surface area (Å²) < 4.78 is 5.77. The van der Waals surface area contributed by atoms with E-state index in [4.69, 9.17) is 9.84 Å². The summed E-state index contributed by atoms with van der Waals surface area (Å²) >= 11 is 0. The lowest BCUT2D eigenvalue weighted by atomic mass is 10.0. The van der Waals surface area contributed by atoms with E-state index in [2.05, 4.69) is 13.8 Å². The predicted molar refractivity (Wildman–Crippen MR) is 85.1 cm³/mol. The van der Waals surface area contributed by atoms with Gasteiger partial charge in [0, 0.05) is 0 Å². The maximum atomic E-state index is 10.9. The summed E-state index contributed by atoms with van der Waals surface area (Å²) in [6.45, 7) is 5.19. The molecule has 2 rings (SSSR count). The van der Waals surface area contributed by atoms with Crippen molar-refractivity contribution in [1.82, 2.24) is 0 Å². The monoisotopic (exact) mass is 286 g/mol. The molecule has 2 aromatic carbocycles. The van der Waals surface area contributed by atoms with E-state index < -0.39 is 5.97 Å². The first-order valence-corrected chi connectivity index (χ1v) is 7.50. The second-order valence-electron chi connectivity index (χ2n) is 5.53. The van der Waals surface area contributed by atoms with E-state index in [1.165, 1.54) is 12.8 Å². The zero-order valence-corrected chi connectivity index (χ0v) is 12.6. The molecule has 112 valence electrons. The Bertz CT molecular complexity index is 619. The van der Waals surface area contributed by atoms with Crippen LogP contribution in [0.1, 0.15) is 43.5 Å². The summed E-state index contributed by atoms with van der Waals surface area (Å²) in [6, 6.07) is 10.9. The van der Waals surface area contributed by atoms with E-state index in [9.17, 15) is 4.79 Å². The summed E-state index contributed by atoms with van der Waals surface area (Å²) in [6.07, 6.45) is 3.46. The first-order valence-electron chi connectivity index (χ1n) is 7.50. The van der Waals surface area contributed by atoms with Gasteiger partial charge in [0.1, 0.15) is 5.75 Å². The lowest BCUT2D eigenvalue weighted by Gasteiger charge is -2.10. The Morgan fingerprint density at radius 1 is 1.19 bits per heavy atom. The molecule has 0 radical (unpaired) electrons. The second-order valence-corrected chi connectivity index (χ2v) is 5.53. The molecule has 3 heteroatoms. The molecule has 1 atom stereocenters. The predicted octanol–water partition coefficient (Wildman–Crippen LogP) is 4.74. The number of ether oxygens (including phenoxy) is 1. The average Bonchev–Trinajstić information content (AvgIpc) is 2.50. The van der Waals surface area contributed by atoms with Gasteiger partial charge in [0.05, 0.1) is 12.2 Å². The molecular formula is C18H22O3. The first kappa shape index (κ1) is 15.4. The standard InChI is InChI=1S/C18H22O3/c1-3-13(2)5-4-10-21-17-9-8-14-11-16(18(19)20)7-6-15(14)12-17/h6-9,11-13H,3-5,10H2,1-2H3,(H,19,20)/t13-/m0/s1. The van der Waals surface area contributed by atoms with E-state index in [0.717, 1.165) is 35.5 Å². The van der Waals surface area contributed by atoms with Gasteiger partial charge in [-0.15, -0.1) is 0 Å². The number of aromatic carboxylic acids is 1. The fourth-order valence-corrected chi connectivity index (χ4v) is 2.27. The molecule has 0 bridgehead atoms. The zero-order chi connectivity index (χ0) is 15.2. The zero-order valence-electron chi connectivity index (χ0n) is 12.6. The van der Waals surface area contributed by atoms with E-state index in [1.807, 2.05) is 24.3 Å². The summed E-state index contributed by atoms with van der Waals surface area (Å²) in [5.74, 6) is 0.691. The van der Waals surface area contributed by atoms with Crippen LogP contribution in [0.15, 0.2) is 36.4 Å². The van der Waals surface area contributed by atoms with Crippen LogP contribution in [0.25, 0.3) is 10.8 Å². The van der Waals surface area contributed by atoms with Gasteiger partial charge in [0.25, 0.3) is 0 Å². The van der Waals surface area contributed by atoms with Crippen molar-refractivity contribution in [3.8, 4) is 5.75 Å². The largest absolute Gasteiger partial charge is 0.494 e. The van der Waals surface area contributed by atoms with Gasteiger partial charge >= 0.3 is 5.97 Å². The van der Waals surface area contributed by atoms with Crippen LogP contribution in [0.5, 0.6) is 5.75 Å². The van der Waals surface area contributed by atoms with Crippen molar-refractivity contribution < 1.29 is 14.6 Å². The van der Waals surface area contributed by atoms with Gasteiger partial charge in [-0.1, -0.05) is 32.4 Å². The van der Waals surface area contributed by atoms with Crippen LogP contribution in [-0.2, 0) is 0 Å². The van der Waals surface area contributed by atoms with Gasteiger partial charge in [-0.25, -0.2) is 4.79 Å². The lowest BCUT2D eigenvalue weighted by Crippen LogP contribution is -2.01. The Balaban J connectivity index is 1.99. The van der Waals surface area contributed by atoms with Crippen molar-refractivity contribution in [3.05, 3.63) is 42.0 Å². The third kappa shape index (κ3) is 4.22. The number of carboxylic acids is 1. The molecule has 0 aliphatic rings. The second kappa shape index (κ2) is 7.11. The van der Waals surface area contributed by atoms with E-state index in [1.54, 1.807) is 12.1 Å². The number of hydrogen-bond donors (Lipinski definition) is 1. The van der Waals surface area contributed by atoms with E-state index in [-0.39, 0.29) is 0 Å². The minimum atomic E-state index is -0.901. The molecule has 21 heavy (non-hydrogen) atoms. The van der Waals surface area contributed by atoms with Crippen molar-refractivity contribution in [2.45, 2.75) is 33.1 Å². The van der Waals surface area contributed by atoms with E-state index >= 15 is 0 Å². The third-order valence-corrected chi connectivity index (χ3v) is 3.87. The highest BCUT2D eigenvalue weighted by Crippen LogP contribution is 2.22. The third-order valence-electron chi connectivity index (χ3n) is 3.87. The Morgan fingerprint density at radius 2 is 1.90 bits per heavy atom. The van der Waals surface area contributed by atoms with Crippen LogP contribution in [0.4, 0.5) is 0 Å². The van der Waals surface area contributed by atoms with Gasteiger partial charge < -0.3 is 9.84 Å². The Labute approximate surface area is 125 Å². The smallest absolute Gasteiger partial charge is 0.335 e. The average molecular weight is 286 g/mol. The van der Waals surface area contributed by atoms with Crippen molar-refractivity contribution in [2.75, 3.05) is 6.61 Å². The van der Waals surface area contributed by atoms with Crippen LogP contribution >= 0.6 is 0 Å². The molecule has 0 amide bonds. The first-order chi connectivity index (χ1) is 10.1. The quantitative estimate of drug-likeness (QED) is 0.747. The SMILES string of the molecule is CC[C@H](C)CCCOc1ccc2cc(C(=O)O)ccc2c1. The number of fused-ring (bicyclic) bond motifs is 1. The Morgan fingerprint density at radius 3 is 2.62 bits per heavy atom. The van der Waals surface area contributed by atoms with Gasteiger partial charge in [-0.2, -0.15) is 0 Å². The molecular weight excluding hydrogens is 264 g/mol. The van der Waals surface area contributed by atoms with Crippen LogP contribution in [0, 0.1) is 5.92 Å². The van der Waals surface area contributed by atoms with Crippen LogP contribution in [0.3, 0.4) is 0 Å². The molecule has 0 spiro atoms. The maximum Gasteiger partial charge on any atom is 0.335 e. The highest BCUT2D eigenvalue weighted by atomic mass is 16.5. The summed E-state index contributed by atoms with van der Waals surface area (Å²) in [5, 5.41) is 10.9. The molecule has 0 fully saturated rings. The number of hydrogen-bond acceptors (Lipinski definition) is 2. The number of benzene rings is 2. The van der Waals surface area contributed by atoms with Crippen LogP contribution in [-0.4, -0.2) is 17.7 Å². The van der Waals surface area contributed by atoms with Gasteiger partial charge in [0.15, 0.2) is 0 Å². The van der Waals surface area contributed by atoms with Gasteiger partial charge in [-0.05, 0) is 53.8 Å². The van der Waals surface area contributed by atoms with Gasteiger partial charge in [-0.3, -0.25) is 0 Å². The lowest BCUT2D eigenvalue weighted by molar-refractivity contribution is 0.0697. The molecule has 0 aliphatic heterocycles. The molecule has 0 saturated carbocycles. The topological polar surface area (TPSA) is 46.5 Å². The fourth-order valence-electron chi connectivity index (χ4n) is 2.27. The van der Waals surface area contributed by atoms with Crippen LogP contribution < -0.4 is 4.74 Å². The van der Waals surface area contributed by atoms with Crippen molar-refractivity contribution >= 4 is 16.7 Å². The Kier molecular flexibility index (Phi) is 5.20. The maximum absolute atomic E-state index is 10.9.